The second kappa shape index (κ2) is 9.05. The van der Waals surface area contributed by atoms with E-state index in [4.69, 9.17) is 4.74 Å². The number of halogens is 1. The van der Waals surface area contributed by atoms with E-state index in [9.17, 15) is 17.6 Å². The smallest absolute Gasteiger partial charge is 0.244 e. The molecule has 0 aliphatic heterocycles. The van der Waals surface area contributed by atoms with Crippen LogP contribution < -0.4 is 14.4 Å². The van der Waals surface area contributed by atoms with E-state index in [1.54, 1.807) is 50.2 Å². The van der Waals surface area contributed by atoms with E-state index in [0.29, 0.717) is 11.4 Å². The van der Waals surface area contributed by atoms with Crippen molar-refractivity contribution in [1.82, 2.24) is 5.32 Å². The van der Waals surface area contributed by atoms with Crippen molar-refractivity contribution < 1.29 is 22.3 Å². The number of benzene rings is 2. The summed E-state index contributed by atoms with van der Waals surface area (Å²) < 4.78 is 44.4. The Morgan fingerprint density at radius 1 is 1.21 bits per heavy atom. The van der Waals surface area contributed by atoms with Gasteiger partial charge in [-0.3, -0.25) is 9.10 Å². The third-order valence-electron chi connectivity index (χ3n) is 4.37. The van der Waals surface area contributed by atoms with Crippen molar-refractivity contribution in [3.8, 4) is 5.75 Å². The van der Waals surface area contributed by atoms with Crippen LogP contribution in [0.5, 0.6) is 5.75 Å². The van der Waals surface area contributed by atoms with Crippen molar-refractivity contribution in [2.75, 3.05) is 17.7 Å². The maximum absolute atomic E-state index is 13.1. The molecule has 1 N–H and O–H groups in total. The lowest BCUT2D eigenvalue weighted by molar-refractivity contribution is -0.122. The summed E-state index contributed by atoms with van der Waals surface area (Å²) in [4.78, 5) is 12.9. The number of ether oxygens (including phenoxy) is 1. The number of sulfonamides is 1. The molecule has 0 aliphatic rings. The Kier molecular flexibility index (Phi) is 7.01. The van der Waals surface area contributed by atoms with Crippen molar-refractivity contribution >= 4 is 21.6 Å². The highest BCUT2D eigenvalue weighted by Crippen LogP contribution is 2.27. The predicted molar refractivity (Wildman–Crippen MR) is 107 cm³/mol. The highest BCUT2D eigenvalue weighted by atomic mass is 32.2. The lowest BCUT2D eigenvalue weighted by atomic mass is 10.1. The molecule has 0 saturated carbocycles. The average molecular weight is 408 g/mol. The zero-order chi connectivity index (χ0) is 20.9. The Bertz CT molecular complexity index is 916. The molecule has 2 unspecified atom stereocenters. The number of amides is 1. The van der Waals surface area contributed by atoms with E-state index in [1.807, 2.05) is 0 Å². The van der Waals surface area contributed by atoms with Crippen LogP contribution >= 0.6 is 0 Å². The molecule has 0 bridgehead atoms. The lowest BCUT2D eigenvalue weighted by Gasteiger charge is -2.31. The van der Waals surface area contributed by atoms with Gasteiger partial charge in [-0.25, -0.2) is 12.8 Å². The number of carbonyl (C=O) groups excluding carboxylic acids is 1. The molecule has 0 aromatic heterocycles. The Labute approximate surface area is 165 Å². The van der Waals surface area contributed by atoms with Gasteiger partial charge in [0.1, 0.15) is 17.6 Å². The molecule has 152 valence electrons. The monoisotopic (exact) mass is 408 g/mol. The number of nitrogens with zero attached hydrogens (tertiary/aromatic N) is 1. The second-order valence-corrected chi connectivity index (χ2v) is 8.33. The number of anilines is 1. The number of hydrogen-bond donors (Lipinski definition) is 1. The third-order valence-corrected chi connectivity index (χ3v) is 5.55. The maximum Gasteiger partial charge on any atom is 0.244 e. The average Bonchev–Trinajstić information content (AvgIpc) is 2.65. The molecule has 0 spiro atoms. The van der Waals surface area contributed by atoms with Gasteiger partial charge < -0.3 is 10.1 Å². The molecule has 0 aliphatic carbocycles. The van der Waals surface area contributed by atoms with Crippen LogP contribution in [0.25, 0.3) is 0 Å². The van der Waals surface area contributed by atoms with Crippen molar-refractivity contribution in [3.63, 3.8) is 0 Å². The van der Waals surface area contributed by atoms with Gasteiger partial charge in [-0.2, -0.15) is 0 Å². The molecule has 2 aromatic carbocycles. The number of rotatable bonds is 8. The molecular formula is C20H25FN2O4S. The highest BCUT2D eigenvalue weighted by molar-refractivity contribution is 7.92. The van der Waals surface area contributed by atoms with Gasteiger partial charge in [-0.05, 0) is 43.2 Å². The Morgan fingerprint density at radius 3 is 2.39 bits per heavy atom. The van der Waals surface area contributed by atoms with Crippen LogP contribution in [0.4, 0.5) is 10.1 Å². The first kappa shape index (κ1) is 21.7. The molecule has 1 amide bonds. The minimum atomic E-state index is -3.74. The van der Waals surface area contributed by atoms with Crippen LogP contribution in [-0.4, -0.2) is 33.7 Å². The van der Waals surface area contributed by atoms with Gasteiger partial charge in [0.05, 0.1) is 25.1 Å². The van der Waals surface area contributed by atoms with Gasteiger partial charge in [0, 0.05) is 6.07 Å². The van der Waals surface area contributed by atoms with Crippen LogP contribution in [0, 0.1) is 5.82 Å². The predicted octanol–water partition coefficient (Wildman–Crippen LogP) is 3.26. The Hall–Kier alpha value is -2.61. The van der Waals surface area contributed by atoms with Crippen molar-refractivity contribution in [3.05, 3.63) is 59.9 Å². The second-order valence-electron chi connectivity index (χ2n) is 6.47. The van der Waals surface area contributed by atoms with Gasteiger partial charge in [0.25, 0.3) is 0 Å². The third kappa shape index (κ3) is 5.22. The Morgan fingerprint density at radius 2 is 1.86 bits per heavy atom. The number of nitrogens with one attached hydrogen (secondary N) is 1. The van der Waals surface area contributed by atoms with Gasteiger partial charge >= 0.3 is 0 Å². The molecule has 8 heteroatoms. The molecule has 28 heavy (non-hydrogen) atoms. The topological polar surface area (TPSA) is 75.7 Å². The molecular weight excluding hydrogens is 383 g/mol. The summed E-state index contributed by atoms with van der Waals surface area (Å²) in [5.41, 5.74) is 1.06. The summed E-state index contributed by atoms with van der Waals surface area (Å²) in [6.07, 6.45) is 1.33. The summed E-state index contributed by atoms with van der Waals surface area (Å²) >= 11 is 0. The Balaban J connectivity index is 2.32. The minimum Gasteiger partial charge on any atom is -0.497 e. The van der Waals surface area contributed by atoms with E-state index in [2.05, 4.69) is 5.32 Å². The van der Waals surface area contributed by atoms with E-state index in [-0.39, 0.29) is 12.2 Å². The molecule has 0 fully saturated rings. The van der Waals surface area contributed by atoms with Crippen LogP contribution in [0.3, 0.4) is 0 Å². The fourth-order valence-corrected chi connectivity index (χ4v) is 4.16. The summed E-state index contributed by atoms with van der Waals surface area (Å²) in [5.74, 6) is -0.316. The summed E-state index contributed by atoms with van der Waals surface area (Å²) in [5, 5.41) is 2.82. The van der Waals surface area contributed by atoms with Crippen LogP contribution in [-0.2, 0) is 14.8 Å². The largest absolute Gasteiger partial charge is 0.497 e. The number of hydrogen-bond acceptors (Lipinski definition) is 4. The molecule has 2 atom stereocenters. The maximum atomic E-state index is 13.1. The molecule has 0 radical (unpaired) electrons. The van der Waals surface area contributed by atoms with Gasteiger partial charge in [0.15, 0.2) is 0 Å². The van der Waals surface area contributed by atoms with E-state index < -0.39 is 28.0 Å². The summed E-state index contributed by atoms with van der Waals surface area (Å²) in [6, 6.07) is 11.0. The first-order valence-corrected chi connectivity index (χ1v) is 10.7. The zero-order valence-electron chi connectivity index (χ0n) is 16.3. The van der Waals surface area contributed by atoms with Crippen LogP contribution in [0.1, 0.15) is 31.9 Å². The fraction of sp³-hybridized carbons (Fsp3) is 0.350. The zero-order valence-corrected chi connectivity index (χ0v) is 17.2. The summed E-state index contributed by atoms with van der Waals surface area (Å²) in [6.45, 7) is 3.50. The van der Waals surface area contributed by atoms with E-state index >= 15 is 0 Å². The van der Waals surface area contributed by atoms with Crippen molar-refractivity contribution in [2.24, 2.45) is 0 Å². The van der Waals surface area contributed by atoms with E-state index in [0.717, 1.165) is 16.1 Å². The lowest BCUT2D eigenvalue weighted by Crippen LogP contribution is -2.49. The highest BCUT2D eigenvalue weighted by Gasteiger charge is 2.32. The first-order valence-electron chi connectivity index (χ1n) is 8.86. The minimum absolute atomic E-state index is 0.270. The normalized spacial score (nSPS) is 13.5. The first-order chi connectivity index (χ1) is 13.2. The van der Waals surface area contributed by atoms with Crippen LogP contribution in [0.15, 0.2) is 48.5 Å². The van der Waals surface area contributed by atoms with Gasteiger partial charge in [-0.1, -0.05) is 25.1 Å². The molecule has 0 heterocycles. The molecule has 6 nitrogen and oxygen atoms in total. The fourth-order valence-electron chi connectivity index (χ4n) is 2.95. The molecule has 2 aromatic rings. The number of methoxy groups -OCH3 is 1. The molecule has 0 saturated heterocycles. The summed E-state index contributed by atoms with van der Waals surface area (Å²) in [7, 11) is -2.25. The van der Waals surface area contributed by atoms with Gasteiger partial charge in [0.2, 0.25) is 15.9 Å². The molecule has 2 rings (SSSR count). The van der Waals surface area contributed by atoms with Crippen molar-refractivity contribution in [2.45, 2.75) is 32.4 Å². The van der Waals surface area contributed by atoms with Crippen molar-refractivity contribution in [1.29, 1.82) is 0 Å². The SMILES string of the molecule is CCC(C(=O)NC(C)c1ccc(F)cc1)N(c1cccc(OC)c1)S(C)(=O)=O. The van der Waals surface area contributed by atoms with Gasteiger partial charge in [-0.15, -0.1) is 0 Å². The number of carbonyl (C=O) groups is 1. The quantitative estimate of drug-likeness (QED) is 0.728. The van der Waals surface area contributed by atoms with Crippen LogP contribution in [0.2, 0.25) is 0 Å². The van der Waals surface area contributed by atoms with E-state index in [1.165, 1.54) is 19.2 Å². The standard InChI is InChI=1S/C20H25FN2O4S/c1-5-19(20(24)22-14(2)15-9-11-16(21)12-10-15)23(28(4,25)26)17-7-6-8-18(13-17)27-3/h6-14,19H,5H2,1-4H3,(H,22,24).